The van der Waals surface area contributed by atoms with E-state index in [0.29, 0.717) is 12.2 Å². The molecule has 6 heteroatoms. The van der Waals surface area contributed by atoms with Crippen LogP contribution in [0.4, 0.5) is 11.4 Å². The summed E-state index contributed by atoms with van der Waals surface area (Å²) >= 11 is 0. The number of benzene rings is 2. The van der Waals surface area contributed by atoms with Crippen LogP contribution in [0.1, 0.15) is 42.3 Å². The van der Waals surface area contributed by atoms with Crippen molar-refractivity contribution in [3.05, 3.63) is 69.3 Å². The van der Waals surface area contributed by atoms with Crippen LogP contribution in [0.2, 0.25) is 0 Å². The molecule has 6 nitrogen and oxygen atoms in total. The van der Waals surface area contributed by atoms with Crippen molar-refractivity contribution < 1.29 is 9.72 Å². The second-order valence-corrected chi connectivity index (χ2v) is 7.35. The van der Waals surface area contributed by atoms with Crippen LogP contribution in [0.25, 0.3) is 0 Å². The van der Waals surface area contributed by atoms with E-state index in [9.17, 15) is 14.9 Å². The fourth-order valence-electron chi connectivity index (χ4n) is 2.70. The zero-order valence-electron chi connectivity index (χ0n) is 15.9. The SMILES string of the molecule is CNc1ccc([N+](=O)[O-])cc1C(=O)N(C)Cc1ccc(C(C)(C)C)cc1. The smallest absolute Gasteiger partial charge is 0.270 e. The molecule has 2 aromatic rings. The number of nitro benzene ring substituents is 1. The predicted octanol–water partition coefficient (Wildman–Crippen LogP) is 4.21. The molecule has 0 unspecified atom stereocenters. The summed E-state index contributed by atoms with van der Waals surface area (Å²) in [5.74, 6) is -0.266. The molecule has 0 saturated heterocycles. The third-order valence-corrected chi connectivity index (χ3v) is 4.30. The fourth-order valence-corrected chi connectivity index (χ4v) is 2.70. The van der Waals surface area contributed by atoms with Gasteiger partial charge in [0.2, 0.25) is 0 Å². The number of nitro groups is 1. The van der Waals surface area contributed by atoms with Crippen LogP contribution < -0.4 is 5.32 Å². The van der Waals surface area contributed by atoms with E-state index >= 15 is 0 Å². The predicted molar refractivity (Wildman–Crippen MR) is 104 cm³/mol. The second kappa shape index (κ2) is 7.56. The van der Waals surface area contributed by atoms with E-state index in [1.54, 1.807) is 25.1 Å². The third kappa shape index (κ3) is 4.39. The molecule has 0 spiro atoms. The maximum absolute atomic E-state index is 12.8. The summed E-state index contributed by atoms with van der Waals surface area (Å²) in [5, 5.41) is 13.9. The molecular formula is C20H25N3O3. The van der Waals surface area contributed by atoms with E-state index in [0.717, 1.165) is 5.56 Å². The van der Waals surface area contributed by atoms with Crippen molar-refractivity contribution in [1.82, 2.24) is 4.90 Å². The first-order chi connectivity index (χ1) is 12.1. The molecule has 0 heterocycles. The van der Waals surface area contributed by atoms with Gasteiger partial charge in [-0.1, -0.05) is 45.0 Å². The maximum atomic E-state index is 12.8. The standard InChI is InChI=1S/C20H25N3O3/c1-20(2,3)15-8-6-14(7-9-15)13-22(5)19(24)17-12-16(23(25)26)10-11-18(17)21-4/h6-12,21H,13H2,1-5H3. The molecule has 2 aromatic carbocycles. The van der Waals surface area contributed by atoms with Crippen molar-refractivity contribution in [2.24, 2.45) is 0 Å². The molecule has 0 radical (unpaired) electrons. The van der Waals surface area contributed by atoms with Gasteiger partial charge in [-0.25, -0.2) is 0 Å². The number of hydrogen-bond donors (Lipinski definition) is 1. The topological polar surface area (TPSA) is 75.5 Å². The molecule has 1 N–H and O–H groups in total. The Balaban J connectivity index is 2.22. The first-order valence-electron chi connectivity index (χ1n) is 8.44. The summed E-state index contributed by atoms with van der Waals surface area (Å²) in [4.78, 5) is 24.9. The van der Waals surface area contributed by atoms with E-state index in [-0.39, 0.29) is 22.6 Å². The Kier molecular flexibility index (Phi) is 5.65. The molecule has 0 atom stereocenters. The van der Waals surface area contributed by atoms with Gasteiger partial charge in [0.05, 0.1) is 10.5 Å². The maximum Gasteiger partial charge on any atom is 0.270 e. The van der Waals surface area contributed by atoms with Crippen molar-refractivity contribution in [3.8, 4) is 0 Å². The first-order valence-corrected chi connectivity index (χ1v) is 8.44. The van der Waals surface area contributed by atoms with Crippen LogP contribution >= 0.6 is 0 Å². The molecule has 0 saturated carbocycles. The minimum atomic E-state index is -0.499. The largest absolute Gasteiger partial charge is 0.387 e. The van der Waals surface area contributed by atoms with Crippen molar-refractivity contribution >= 4 is 17.3 Å². The zero-order valence-corrected chi connectivity index (χ0v) is 15.9. The molecule has 2 rings (SSSR count). The van der Waals surface area contributed by atoms with Gasteiger partial charge in [-0.2, -0.15) is 0 Å². The quantitative estimate of drug-likeness (QED) is 0.644. The van der Waals surface area contributed by atoms with E-state index in [1.165, 1.54) is 17.7 Å². The van der Waals surface area contributed by atoms with E-state index < -0.39 is 4.92 Å². The molecule has 0 bridgehead atoms. The summed E-state index contributed by atoms with van der Waals surface area (Å²) in [5.41, 5.74) is 3.06. The number of amides is 1. The Hall–Kier alpha value is -2.89. The van der Waals surface area contributed by atoms with Crippen LogP contribution in [0.5, 0.6) is 0 Å². The van der Waals surface area contributed by atoms with Crippen LogP contribution in [0.15, 0.2) is 42.5 Å². The van der Waals surface area contributed by atoms with Gasteiger partial charge in [0.15, 0.2) is 0 Å². The normalized spacial score (nSPS) is 11.1. The van der Waals surface area contributed by atoms with E-state index in [1.807, 2.05) is 12.1 Å². The van der Waals surface area contributed by atoms with Crippen LogP contribution in [-0.2, 0) is 12.0 Å². The average Bonchev–Trinajstić information content (AvgIpc) is 2.60. The highest BCUT2D eigenvalue weighted by Gasteiger charge is 2.20. The van der Waals surface area contributed by atoms with E-state index in [4.69, 9.17) is 0 Å². The lowest BCUT2D eigenvalue weighted by molar-refractivity contribution is -0.384. The van der Waals surface area contributed by atoms with Crippen molar-refractivity contribution in [2.45, 2.75) is 32.7 Å². The fraction of sp³-hybridized carbons (Fsp3) is 0.350. The highest BCUT2D eigenvalue weighted by molar-refractivity contribution is 6.00. The van der Waals surface area contributed by atoms with Crippen LogP contribution in [-0.4, -0.2) is 29.8 Å². The summed E-state index contributed by atoms with van der Waals surface area (Å²) in [6.07, 6.45) is 0. The molecular weight excluding hydrogens is 330 g/mol. The lowest BCUT2D eigenvalue weighted by Crippen LogP contribution is -2.27. The van der Waals surface area contributed by atoms with Gasteiger partial charge < -0.3 is 10.2 Å². The summed E-state index contributed by atoms with van der Waals surface area (Å²) in [6, 6.07) is 12.4. The molecule has 26 heavy (non-hydrogen) atoms. The number of nitrogens with one attached hydrogen (secondary N) is 1. The summed E-state index contributed by atoms with van der Waals surface area (Å²) in [7, 11) is 3.38. The monoisotopic (exact) mass is 355 g/mol. The van der Waals surface area contributed by atoms with Gasteiger partial charge in [0, 0.05) is 38.5 Å². The molecule has 0 aliphatic heterocycles. The number of hydrogen-bond acceptors (Lipinski definition) is 4. The average molecular weight is 355 g/mol. The highest BCUT2D eigenvalue weighted by atomic mass is 16.6. The minimum absolute atomic E-state index is 0.0743. The highest BCUT2D eigenvalue weighted by Crippen LogP contribution is 2.25. The summed E-state index contributed by atoms with van der Waals surface area (Å²) < 4.78 is 0. The second-order valence-electron chi connectivity index (χ2n) is 7.35. The Morgan fingerprint density at radius 2 is 1.77 bits per heavy atom. The molecule has 0 fully saturated rings. The number of nitrogens with zero attached hydrogens (tertiary/aromatic N) is 2. The van der Waals surface area contributed by atoms with Gasteiger partial charge in [-0.05, 0) is 22.6 Å². The molecule has 0 aromatic heterocycles. The first kappa shape index (κ1) is 19.4. The molecule has 0 aliphatic carbocycles. The lowest BCUT2D eigenvalue weighted by Gasteiger charge is -2.21. The molecule has 138 valence electrons. The number of carbonyl (C=O) groups is 1. The Labute approximate surface area is 154 Å². The van der Waals surface area contributed by atoms with Crippen molar-refractivity contribution in [1.29, 1.82) is 0 Å². The van der Waals surface area contributed by atoms with Gasteiger partial charge in [-0.3, -0.25) is 14.9 Å². The van der Waals surface area contributed by atoms with Crippen LogP contribution in [0.3, 0.4) is 0 Å². The van der Waals surface area contributed by atoms with Crippen LogP contribution in [0, 0.1) is 10.1 Å². The minimum Gasteiger partial charge on any atom is -0.387 e. The molecule has 0 aliphatic rings. The lowest BCUT2D eigenvalue weighted by atomic mass is 9.87. The van der Waals surface area contributed by atoms with Crippen molar-refractivity contribution in [2.75, 3.05) is 19.4 Å². The van der Waals surface area contributed by atoms with Gasteiger partial charge in [0.1, 0.15) is 0 Å². The Bertz CT molecular complexity index is 808. The van der Waals surface area contributed by atoms with Gasteiger partial charge >= 0.3 is 0 Å². The third-order valence-electron chi connectivity index (χ3n) is 4.30. The number of non-ortho nitro benzene ring substituents is 1. The van der Waals surface area contributed by atoms with E-state index in [2.05, 4.69) is 38.2 Å². The van der Waals surface area contributed by atoms with Crippen molar-refractivity contribution in [3.63, 3.8) is 0 Å². The Morgan fingerprint density at radius 1 is 1.15 bits per heavy atom. The van der Waals surface area contributed by atoms with Gasteiger partial charge in [0.25, 0.3) is 11.6 Å². The number of carbonyl (C=O) groups excluding carboxylic acids is 1. The Morgan fingerprint density at radius 3 is 2.27 bits per heavy atom. The van der Waals surface area contributed by atoms with Gasteiger partial charge in [-0.15, -0.1) is 0 Å². The zero-order chi connectivity index (χ0) is 19.5. The number of rotatable bonds is 5. The molecule has 1 amide bonds. The summed E-state index contributed by atoms with van der Waals surface area (Å²) in [6.45, 7) is 6.88. The number of anilines is 1.